The van der Waals surface area contributed by atoms with Crippen molar-refractivity contribution in [3.8, 4) is 0 Å². The number of rotatable bonds is 1. The lowest BCUT2D eigenvalue weighted by Crippen LogP contribution is -2.09. The van der Waals surface area contributed by atoms with Gasteiger partial charge in [0.25, 0.3) is 9.84 Å². The molecule has 0 aromatic carbocycles. The highest BCUT2D eigenvalue weighted by Crippen LogP contribution is 2.14. The molecule has 1 heterocycles. The van der Waals surface area contributed by atoms with Gasteiger partial charge in [0.1, 0.15) is 0 Å². The van der Waals surface area contributed by atoms with Gasteiger partial charge >= 0.3 is 11.2 Å². The van der Waals surface area contributed by atoms with Gasteiger partial charge in [-0.15, -0.1) is 0 Å². The number of methoxy groups -OCH3 is 1. The summed E-state index contributed by atoms with van der Waals surface area (Å²) in [4.78, 5) is 13.5. The van der Waals surface area contributed by atoms with E-state index in [9.17, 15) is 13.2 Å². The summed E-state index contributed by atoms with van der Waals surface area (Å²) in [6.07, 6.45) is 0. The van der Waals surface area contributed by atoms with E-state index in [2.05, 4.69) is 9.73 Å². The number of aliphatic carboxylic acids is 1. The monoisotopic (exact) mass is 191 g/mol. The average Bonchev–Trinajstić information content (AvgIpc) is 2.25. The molecule has 0 amide bonds. The van der Waals surface area contributed by atoms with Gasteiger partial charge in [0.2, 0.25) is 0 Å². The van der Waals surface area contributed by atoms with Gasteiger partial charge in [-0.05, 0) is 0 Å². The molecule has 0 saturated carbocycles. The van der Waals surface area contributed by atoms with E-state index in [1.54, 1.807) is 0 Å². The molecule has 0 spiro atoms. The zero-order chi connectivity index (χ0) is 9.35. The highest BCUT2D eigenvalue weighted by molar-refractivity contribution is 8.08. The van der Waals surface area contributed by atoms with Gasteiger partial charge in [-0.1, -0.05) is 0 Å². The fourth-order valence-electron chi connectivity index (χ4n) is 0.646. The first-order valence-electron chi connectivity index (χ1n) is 2.80. The van der Waals surface area contributed by atoms with Gasteiger partial charge in [0, 0.05) is 0 Å². The molecule has 6 nitrogen and oxygen atoms in total. The van der Waals surface area contributed by atoms with Crippen LogP contribution in [0, 0.1) is 0 Å². The Morgan fingerprint density at radius 3 is 2.50 bits per heavy atom. The first kappa shape index (κ1) is 8.72. The summed E-state index contributed by atoms with van der Waals surface area (Å²) in [6.45, 7) is 0. The zero-order valence-electron chi connectivity index (χ0n) is 6.01. The molecule has 0 aliphatic carbocycles. The van der Waals surface area contributed by atoms with E-state index in [0.717, 1.165) is 7.11 Å². The van der Waals surface area contributed by atoms with E-state index >= 15 is 0 Å². The summed E-state index contributed by atoms with van der Waals surface area (Å²) in [5, 5.41) is 8.33. The first-order chi connectivity index (χ1) is 5.47. The second-order valence-corrected chi connectivity index (χ2v) is 3.61. The molecule has 0 aromatic heterocycles. The van der Waals surface area contributed by atoms with Crippen molar-refractivity contribution < 1.29 is 23.1 Å². The third kappa shape index (κ3) is 1.30. The van der Waals surface area contributed by atoms with E-state index in [0.29, 0.717) is 5.41 Å². The molecule has 0 bridgehead atoms. The molecule has 7 heteroatoms. The molecule has 0 saturated heterocycles. The largest absolute Gasteiger partial charge is 0.476 e. The van der Waals surface area contributed by atoms with Crippen molar-refractivity contribution in [2.45, 2.75) is 0 Å². The summed E-state index contributed by atoms with van der Waals surface area (Å²) < 4.78 is 26.2. The van der Waals surface area contributed by atoms with Gasteiger partial charge in [-0.3, -0.25) is 0 Å². The number of carboxylic acid groups (broad SMARTS) is 1. The second-order valence-electron chi connectivity index (χ2n) is 1.94. The Labute approximate surface area is 68.1 Å². The van der Waals surface area contributed by atoms with Crippen LogP contribution >= 0.6 is 0 Å². The molecule has 1 rings (SSSR count). The van der Waals surface area contributed by atoms with Crippen LogP contribution in [-0.4, -0.2) is 31.8 Å². The van der Waals surface area contributed by atoms with E-state index in [4.69, 9.17) is 5.11 Å². The van der Waals surface area contributed by atoms with Crippen LogP contribution in [0.3, 0.4) is 0 Å². The Kier molecular flexibility index (Phi) is 1.89. The maximum atomic E-state index is 10.9. The van der Waals surface area contributed by atoms with Gasteiger partial charge < -0.3 is 9.84 Å². The molecule has 12 heavy (non-hydrogen) atoms. The fourth-order valence-corrected chi connectivity index (χ4v) is 1.65. The standard InChI is InChI=1S/C5H5NO5S/c1-11-5-6-3(4(7)8)2-12(5,9)10/h2H,1H3,(H,7,8). The third-order valence-electron chi connectivity index (χ3n) is 1.12. The van der Waals surface area contributed by atoms with Crippen molar-refractivity contribution in [3.05, 3.63) is 11.1 Å². The quantitative estimate of drug-likeness (QED) is 0.594. The Bertz CT molecular complexity index is 377. The van der Waals surface area contributed by atoms with Crippen molar-refractivity contribution in [2.24, 2.45) is 4.99 Å². The smallest absolute Gasteiger partial charge is 0.355 e. The predicted molar refractivity (Wildman–Crippen MR) is 39.1 cm³/mol. The molecular weight excluding hydrogens is 186 g/mol. The van der Waals surface area contributed by atoms with Gasteiger partial charge in [0.05, 0.1) is 12.5 Å². The number of nitrogens with zero attached hydrogens (tertiary/aromatic N) is 1. The average molecular weight is 191 g/mol. The number of aliphatic imine (C=N–C) groups is 1. The van der Waals surface area contributed by atoms with Gasteiger partial charge in [0.15, 0.2) is 5.70 Å². The molecule has 0 atom stereocenters. The number of hydrogen-bond donors (Lipinski definition) is 1. The molecule has 0 radical (unpaired) electrons. The lowest BCUT2D eigenvalue weighted by atomic mass is 10.5. The van der Waals surface area contributed by atoms with Crippen molar-refractivity contribution >= 4 is 21.0 Å². The maximum Gasteiger partial charge on any atom is 0.355 e. The lowest BCUT2D eigenvalue weighted by molar-refractivity contribution is -0.132. The summed E-state index contributed by atoms with van der Waals surface area (Å²) in [5.41, 5.74) is -0.535. The molecule has 0 fully saturated rings. The van der Waals surface area contributed by atoms with Crippen LogP contribution in [0.2, 0.25) is 0 Å². The van der Waals surface area contributed by atoms with Crippen molar-refractivity contribution in [1.82, 2.24) is 0 Å². The predicted octanol–water partition coefficient (Wildman–Crippen LogP) is -0.657. The lowest BCUT2D eigenvalue weighted by Gasteiger charge is -1.93. The number of carboxylic acids is 1. The fraction of sp³-hybridized carbons (Fsp3) is 0.200. The number of hydrogen-bond acceptors (Lipinski definition) is 5. The second kappa shape index (κ2) is 2.59. The van der Waals surface area contributed by atoms with Crippen molar-refractivity contribution in [1.29, 1.82) is 0 Å². The van der Waals surface area contributed by atoms with E-state index in [1.807, 2.05) is 0 Å². The number of carbonyl (C=O) groups is 1. The topological polar surface area (TPSA) is 93.0 Å². The normalized spacial score (nSPS) is 19.8. The molecule has 1 aliphatic heterocycles. The van der Waals surface area contributed by atoms with Crippen LogP contribution in [0.15, 0.2) is 16.1 Å². The molecule has 1 N–H and O–H groups in total. The van der Waals surface area contributed by atoms with Gasteiger partial charge in [-0.2, -0.15) is 4.99 Å². The van der Waals surface area contributed by atoms with Gasteiger partial charge in [-0.25, -0.2) is 13.2 Å². The van der Waals surface area contributed by atoms with Crippen molar-refractivity contribution in [2.75, 3.05) is 7.11 Å². The maximum absolute atomic E-state index is 10.9. The minimum atomic E-state index is -3.75. The van der Waals surface area contributed by atoms with Crippen LogP contribution in [0.25, 0.3) is 0 Å². The van der Waals surface area contributed by atoms with E-state index in [-0.39, 0.29) is 0 Å². The zero-order valence-corrected chi connectivity index (χ0v) is 6.83. The van der Waals surface area contributed by atoms with Crippen molar-refractivity contribution in [3.63, 3.8) is 0 Å². The Morgan fingerprint density at radius 1 is 1.67 bits per heavy atom. The minimum absolute atomic E-state index is 0.535. The molecule has 1 aliphatic rings. The number of ether oxygens (including phenoxy) is 1. The SMILES string of the molecule is COC1=NC(C(=O)O)=CS1(=O)=O. The first-order valence-corrected chi connectivity index (χ1v) is 4.35. The van der Waals surface area contributed by atoms with Crippen LogP contribution in [0.4, 0.5) is 0 Å². The molecule has 66 valence electrons. The Hall–Kier alpha value is -1.37. The summed E-state index contributed by atoms with van der Waals surface area (Å²) in [7, 11) is -2.64. The number of sulfone groups is 1. The van der Waals surface area contributed by atoms with Crippen LogP contribution in [-0.2, 0) is 19.4 Å². The summed E-state index contributed by atoms with van der Waals surface area (Å²) in [6, 6.07) is 0. The molecular formula is C5H5NO5S. The molecule has 0 unspecified atom stereocenters. The van der Waals surface area contributed by atoms with Crippen LogP contribution in [0.1, 0.15) is 0 Å². The summed E-state index contributed by atoms with van der Waals surface area (Å²) in [5.74, 6) is -1.40. The highest BCUT2D eigenvalue weighted by atomic mass is 32.2. The minimum Gasteiger partial charge on any atom is -0.476 e. The van der Waals surface area contributed by atoms with E-state index in [1.165, 1.54) is 0 Å². The van der Waals surface area contributed by atoms with E-state index < -0.39 is 26.7 Å². The highest BCUT2D eigenvalue weighted by Gasteiger charge is 2.28. The van der Waals surface area contributed by atoms with Crippen LogP contribution < -0.4 is 0 Å². The third-order valence-corrected chi connectivity index (χ3v) is 2.39. The molecule has 0 aromatic rings. The Balaban J connectivity index is 3.17. The summed E-state index contributed by atoms with van der Waals surface area (Å²) >= 11 is 0. The van der Waals surface area contributed by atoms with Crippen LogP contribution in [0.5, 0.6) is 0 Å². The Morgan fingerprint density at radius 2 is 2.25 bits per heavy atom.